The molecule has 4 nitrogen and oxygen atoms in total. The average Bonchev–Trinajstić information content (AvgIpc) is 2.99. The summed E-state index contributed by atoms with van der Waals surface area (Å²) in [4.78, 5) is 0.293. The van der Waals surface area contributed by atoms with E-state index in [9.17, 15) is 13.5 Å². The van der Waals surface area contributed by atoms with Crippen LogP contribution in [0.3, 0.4) is 0 Å². The molecule has 1 aliphatic heterocycles. The lowest BCUT2D eigenvalue weighted by molar-refractivity contribution is 0.162. The van der Waals surface area contributed by atoms with Gasteiger partial charge in [0.05, 0.1) is 19.1 Å². The molecule has 0 radical (unpaired) electrons. The monoisotopic (exact) mass is 381 g/mol. The minimum atomic E-state index is -3.57. The summed E-state index contributed by atoms with van der Waals surface area (Å²) < 4.78 is 27.3. The van der Waals surface area contributed by atoms with Gasteiger partial charge in [-0.05, 0) is 19.1 Å². The zero-order valence-corrected chi connectivity index (χ0v) is 17.6. The van der Waals surface area contributed by atoms with Gasteiger partial charge in [0, 0.05) is 19.0 Å². The molecular weight excluding hydrogens is 350 g/mol. The summed E-state index contributed by atoms with van der Waals surface area (Å²) in [5.74, 6) is -0.147. The van der Waals surface area contributed by atoms with Crippen LogP contribution in [-0.4, -0.2) is 45.1 Å². The summed E-state index contributed by atoms with van der Waals surface area (Å²) in [6.07, 6.45) is -0.663. The van der Waals surface area contributed by atoms with Crippen LogP contribution in [0.2, 0.25) is 18.1 Å². The lowest BCUT2D eigenvalue weighted by Gasteiger charge is -2.35. The highest BCUT2D eigenvalue weighted by atomic mass is 32.2. The number of sulfonamides is 1. The number of aliphatic hydroxyl groups excluding tert-OH is 1. The van der Waals surface area contributed by atoms with Gasteiger partial charge >= 0.3 is 0 Å². The topological polar surface area (TPSA) is 57.6 Å². The van der Waals surface area contributed by atoms with Crippen LogP contribution in [0.4, 0.5) is 0 Å². The SMILES string of the molecule is C=C([C@@H]1CN(S(=O)(=O)c2ccc(C)cc2)C[C@@H]1O)[Si](CC)(CC)CC. The van der Waals surface area contributed by atoms with Crippen LogP contribution in [0.1, 0.15) is 26.3 Å². The number of hydrogen-bond acceptors (Lipinski definition) is 3. The van der Waals surface area contributed by atoms with Gasteiger partial charge in [-0.1, -0.05) is 61.8 Å². The molecule has 0 aliphatic carbocycles. The van der Waals surface area contributed by atoms with E-state index in [1.807, 2.05) is 6.92 Å². The van der Waals surface area contributed by atoms with Crippen LogP contribution in [0.5, 0.6) is 0 Å². The summed E-state index contributed by atoms with van der Waals surface area (Å²) in [7, 11) is -5.25. The van der Waals surface area contributed by atoms with Crippen LogP contribution in [-0.2, 0) is 10.0 Å². The summed E-state index contributed by atoms with van der Waals surface area (Å²) in [5, 5.41) is 11.7. The van der Waals surface area contributed by atoms with Gasteiger partial charge in [0.25, 0.3) is 0 Å². The highest BCUT2D eigenvalue weighted by Crippen LogP contribution is 2.37. The Labute approximate surface area is 153 Å². The first kappa shape index (κ1) is 20.4. The molecule has 1 N–H and O–H groups in total. The van der Waals surface area contributed by atoms with Crippen molar-refractivity contribution in [1.82, 2.24) is 4.31 Å². The molecule has 2 atom stereocenters. The van der Waals surface area contributed by atoms with Crippen molar-refractivity contribution < 1.29 is 13.5 Å². The van der Waals surface area contributed by atoms with E-state index in [4.69, 9.17) is 0 Å². The maximum atomic E-state index is 12.9. The zero-order valence-electron chi connectivity index (χ0n) is 15.8. The Morgan fingerprint density at radius 3 is 2.16 bits per heavy atom. The van der Waals surface area contributed by atoms with Crippen molar-refractivity contribution in [2.24, 2.45) is 5.92 Å². The van der Waals surface area contributed by atoms with E-state index in [0.717, 1.165) is 28.9 Å². The predicted octanol–water partition coefficient (Wildman–Crippen LogP) is 3.58. The molecule has 1 saturated heterocycles. The fourth-order valence-electron chi connectivity index (χ4n) is 3.97. The van der Waals surface area contributed by atoms with E-state index in [-0.39, 0.29) is 12.5 Å². The average molecular weight is 382 g/mol. The van der Waals surface area contributed by atoms with Gasteiger partial charge in [0.15, 0.2) is 0 Å². The quantitative estimate of drug-likeness (QED) is 0.735. The second kappa shape index (κ2) is 7.74. The van der Waals surface area contributed by atoms with E-state index < -0.39 is 24.2 Å². The summed E-state index contributed by atoms with van der Waals surface area (Å²) >= 11 is 0. The van der Waals surface area contributed by atoms with Crippen molar-refractivity contribution >= 4 is 18.1 Å². The molecule has 0 amide bonds. The van der Waals surface area contributed by atoms with Crippen LogP contribution < -0.4 is 0 Å². The zero-order chi connectivity index (χ0) is 18.8. The lowest BCUT2D eigenvalue weighted by Crippen LogP contribution is -2.40. The molecule has 1 aliphatic rings. The maximum Gasteiger partial charge on any atom is 0.243 e. The number of rotatable bonds is 7. The highest BCUT2D eigenvalue weighted by molar-refractivity contribution is 7.89. The van der Waals surface area contributed by atoms with Gasteiger partial charge in [0.1, 0.15) is 0 Å². The van der Waals surface area contributed by atoms with Crippen LogP contribution >= 0.6 is 0 Å². The molecule has 25 heavy (non-hydrogen) atoms. The smallest absolute Gasteiger partial charge is 0.243 e. The fourth-order valence-corrected chi connectivity index (χ4v) is 9.39. The second-order valence-corrected chi connectivity index (χ2v) is 14.4. The van der Waals surface area contributed by atoms with Gasteiger partial charge in [-0.15, -0.1) is 6.58 Å². The van der Waals surface area contributed by atoms with Gasteiger partial charge in [-0.25, -0.2) is 8.42 Å². The molecule has 0 unspecified atom stereocenters. The van der Waals surface area contributed by atoms with Crippen molar-refractivity contribution in [2.45, 2.75) is 56.8 Å². The first-order valence-electron chi connectivity index (χ1n) is 9.16. The molecule has 0 aromatic heterocycles. The standard InChI is InChI=1S/C19H31NO3SSi/c1-6-25(7-2,8-3)16(5)18-13-20(14-19(18)21)24(22,23)17-11-9-15(4)10-12-17/h9-12,18-19,21H,5-8,13-14H2,1-4H3/t18-,19-/m0/s1. The molecule has 0 spiro atoms. The molecular formula is C19H31NO3SSi. The van der Waals surface area contributed by atoms with Gasteiger partial charge in [0.2, 0.25) is 10.0 Å². The first-order chi connectivity index (χ1) is 11.7. The van der Waals surface area contributed by atoms with Gasteiger partial charge < -0.3 is 5.11 Å². The highest BCUT2D eigenvalue weighted by Gasteiger charge is 2.44. The Morgan fingerprint density at radius 2 is 1.68 bits per heavy atom. The molecule has 1 heterocycles. The first-order valence-corrected chi connectivity index (χ1v) is 13.2. The summed E-state index contributed by atoms with van der Waals surface area (Å²) in [5.41, 5.74) is 1.02. The Morgan fingerprint density at radius 1 is 1.16 bits per heavy atom. The number of aryl methyl sites for hydroxylation is 1. The van der Waals surface area contributed by atoms with Crippen molar-refractivity contribution in [2.75, 3.05) is 13.1 Å². The maximum absolute atomic E-state index is 12.9. The van der Waals surface area contributed by atoms with E-state index >= 15 is 0 Å². The number of aliphatic hydroxyl groups is 1. The fraction of sp³-hybridized carbons (Fsp3) is 0.579. The van der Waals surface area contributed by atoms with Crippen LogP contribution in [0.15, 0.2) is 40.9 Å². The molecule has 0 saturated carbocycles. The molecule has 1 fully saturated rings. The largest absolute Gasteiger partial charge is 0.391 e. The lowest BCUT2D eigenvalue weighted by atomic mass is 10.1. The third kappa shape index (κ3) is 3.77. The van der Waals surface area contributed by atoms with Crippen molar-refractivity contribution in [1.29, 1.82) is 0 Å². The van der Waals surface area contributed by atoms with Gasteiger partial charge in [-0.2, -0.15) is 4.31 Å². The van der Waals surface area contributed by atoms with Crippen molar-refractivity contribution in [3.63, 3.8) is 0 Å². The van der Waals surface area contributed by atoms with Crippen LogP contribution in [0.25, 0.3) is 0 Å². The van der Waals surface area contributed by atoms with E-state index in [1.54, 1.807) is 24.3 Å². The molecule has 0 bridgehead atoms. The van der Waals surface area contributed by atoms with E-state index in [2.05, 4.69) is 27.4 Å². The normalized spacial score (nSPS) is 22.3. The Bertz CT molecular complexity index is 702. The molecule has 1 aromatic rings. The number of β-amino-alcohol motifs (C(OH)–C–C–N with tert-alkyl or cyclic N) is 1. The number of benzene rings is 1. The molecule has 140 valence electrons. The Hall–Kier alpha value is -0.953. The van der Waals surface area contributed by atoms with Gasteiger partial charge in [-0.3, -0.25) is 0 Å². The third-order valence-corrected chi connectivity index (χ3v) is 13.7. The molecule has 6 heteroatoms. The van der Waals surface area contributed by atoms with E-state index in [1.165, 1.54) is 4.31 Å². The van der Waals surface area contributed by atoms with E-state index in [0.29, 0.717) is 11.4 Å². The summed E-state index contributed by atoms with van der Waals surface area (Å²) in [6, 6.07) is 10.2. The van der Waals surface area contributed by atoms with Crippen molar-refractivity contribution in [3.05, 3.63) is 41.6 Å². The number of hydrogen-bond donors (Lipinski definition) is 1. The minimum absolute atomic E-state index is 0.147. The molecule has 2 rings (SSSR count). The Kier molecular flexibility index (Phi) is 6.30. The number of nitrogens with zero attached hydrogens (tertiary/aromatic N) is 1. The van der Waals surface area contributed by atoms with Crippen molar-refractivity contribution in [3.8, 4) is 0 Å². The second-order valence-electron chi connectivity index (χ2n) is 7.18. The predicted molar refractivity (Wildman–Crippen MR) is 106 cm³/mol. The third-order valence-electron chi connectivity index (χ3n) is 6.07. The summed E-state index contributed by atoms with van der Waals surface area (Å²) in [6.45, 7) is 13.4. The Balaban J connectivity index is 2.26. The van der Waals surface area contributed by atoms with Crippen LogP contribution in [0, 0.1) is 12.8 Å². The molecule has 1 aromatic carbocycles. The minimum Gasteiger partial charge on any atom is -0.391 e.